The summed E-state index contributed by atoms with van der Waals surface area (Å²) >= 11 is 0. The van der Waals surface area contributed by atoms with Crippen LogP contribution in [0.4, 0.5) is 5.82 Å². The van der Waals surface area contributed by atoms with Gasteiger partial charge in [0.25, 0.3) is 5.91 Å². The number of aromatic nitrogens is 4. The Hall–Kier alpha value is -3.30. The van der Waals surface area contributed by atoms with Crippen LogP contribution >= 0.6 is 0 Å². The third-order valence-electron chi connectivity index (χ3n) is 8.01. The van der Waals surface area contributed by atoms with Crippen molar-refractivity contribution in [1.29, 1.82) is 0 Å². The second-order valence-electron chi connectivity index (χ2n) is 10.5. The summed E-state index contributed by atoms with van der Waals surface area (Å²) in [6.07, 6.45) is 9.76. The lowest BCUT2D eigenvalue weighted by atomic mass is 9.52. The fourth-order valence-corrected chi connectivity index (χ4v) is 6.74. The van der Waals surface area contributed by atoms with Crippen LogP contribution in [0.5, 0.6) is 0 Å². The van der Waals surface area contributed by atoms with Gasteiger partial charge in [0.2, 0.25) is 0 Å². The van der Waals surface area contributed by atoms with Gasteiger partial charge in [0.05, 0.1) is 36.8 Å². The number of rotatable bonds is 6. The van der Waals surface area contributed by atoms with Crippen molar-refractivity contribution in [2.75, 3.05) is 12.3 Å². The predicted octanol–water partition coefficient (Wildman–Crippen LogP) is 2.25. The summed E-state index contributed by atoms with van der Waals surface area (Å²) in [7, 11) is 0. The Morgan fingerprint density at radius 2 is 1.91 bits per heavy atom. The van der Waals surface area contributed by atoms with Crippen LogP contribution in [0.2, 0.25) is 0 Å². The topological polar surface area (TPSA) is 139 Å². The van der Waals surface area contributed by atoms with Crippen LogP contribution in [0.3, 0.4) is 0 Å². The van der Waals surface area contributed by atoms with Gasteiger partial charge < -0.3 is 21.3 Å². The van der Waals surface area contributed by atoms with Crippen LogP contribution in [0.15, 0.2) is 42.9 Å². The van der Waals surface area contributed by atoms with Crippen molar-refractivity contribution in [3.8, 4) is 22.4 Å². The first-order valence-corrected chi connectivity index (χ1v) is 12.3. The maximum absolute atomic E-state index is 13.3. The van der Waals surface area contributed by atoms with Gasteiger partial charge in [0, 0.05) is 23.4 Å². The van der Waals surface area contributed by atoms with Crippen LogP contribution < -0.4 is 11.1 Å². The van der Waals surface area contributed by atoms with Gasteiger partial charge in [-0.15, -0.1) is 0 Å². The van der Waals surface area contributed by atoms with E-state index >= 15 is 0 Å². The fraction of sp³-hybridized carbons (Fsp3) is 0.462. The van der Waals surface area contributed by atoms with Crippen molar-refractivity contribution in [2.45, 2.75) is 50.3 Å². The second-order valence-corrected chi connectivity index (χ2v) is 10.5. The Balaban J connectivity index is 1.24. The molecule has 4 aliphatic carbocycles. The lowest BCUT2D eigenvalue weighted by Crippen LogP contribution is -2.61. The molecular formula is C26H30N6O3. The second kappa shape index (κ2) is 8.42. The molecular weight excluding hydrogens is 444 g/mol. The maximum Gasteiger partial charge on any atom is 0.273 e. The van der Waals surface area contributed by atoms with Gasteiger partial charge in [0.15, 0.2) is 11.5 Å². The lowest BCUT2D eigenvalue weighted by Gasteiger charge is -2.58. The maximum atomic E-state index is 13.3. The summed E-state index contributed by atoms with van der Waals surface area (Å²) in [4.78, 5) is 22.2. The number of carbonyl (C=O) groups is 1. The Labute approximate surface area is 203 Å². The van der Waals surface area contributed by atoms with Gasteiger partial charge >= 0.3 is 0 Å². The first-order chi connectivity index (χ1) is 16.9. The van der Waals surface area contributed by atoms with Gasteiger partial charge in [-0.3, -0.25) is 9.48 Å². The van der Waals surface area contributed by atoms with Gasteiger partial charge in [-0.05, 0) is 61.5 Å². The number of anilines is 1. The smallest absolute Gasteiger partial charge is 0.273 e. The van der Waals surface area contributed by atoms with Gasteiger partial charge in [-0.2, -0.15) is 5.10 Å². The Morgan fingerprint density at radius 1 is 1.14 bits per heavy atom. The third kappa shape index (κ3) is 4.08. The summed E-state index contributed by atoms with van der Waals surface area (Å²) < 4.78 is 1.69. The number of hydrogen-bond acceptors (Lipinski definition) is 7. The Bertz CT molecular complexity index is 1260. The van der Waals surface area contributed by atoms with Gasteiger partial charge in [-0.25, -0.2) is 9.97 Å². The van der Waals surface area contributed by atoms with Crippen LogP contribution in [-0.2, 0) is 6.54 Å². The van der Waals surface area contributed by atoms with Crippen molar-refractivity contribution in [3.63, 3.8) is 0 Å². The monoisotopic (exact) mass is 474 g/mol. The van der Waals surface area contributed by atoms with E-state index in [0.29, 0.717) is 30.0 Å². The Kier molecular flexibility index (Phi) is 5.34. The third-order valence-corrected chi connectivity index (χ3v) is 8.01. The highest BCUT2D eigenvalue weighted by molar-refractivity contribution is 5.97. The van der Waals surface area contributed by atoms with Crippen LogP contribution in [-0.4, -0.2) is 54.1 Å². The fourth-order valence-electron chi connectivity index (χ4n) is 6.74. The van der Waals surface area contributed by atoms with E-state index in [4.69, 9.17) is 10.8 Å². The van der Waals surface area contributed by atoms with Crippen LogP contribution in [0.25, 0.3) is 22.4 Å². The highest BCUT2D eigenvalue weighted by Crippen LogP contribution is 2.55. The molecule has 4 fully saturated rings. The molecule has 182 valence electrons. The molecule has 2 heterocycles. The number of benzene rings is 1. The molecule has 5 atom stereocenters. The molecule has 4 saturated carbocycles. The number of carbonyl (C=O) groups excluding carboxylic acids is 1. The molecule has 4 bridgehead atoms. The Morgan fingerprint density at radius 3 is 2.66 bits per heavy atom. The number of nitrogen functional groups attached to an aromatic ring is 1. The van der Waals surface area contributed by atoms with E-state index in [-0.39, 0.29) is 30.1 Å². The van der Waals surface area contributed by atoms with E-state index in [2.05, 4.69) is 20.4 Å². The quantitative estimate of drug-likeness (QED) is 0.430. The first-order valence-electron chi connectivity index (χ1n) is 12.3. The average Bonchev–Trinajstić information content (AvgIpc) is 3.30. The lowest BCUT2D eigenvalue weighted by molar-refractivity contribution is -0.136. The van der Waals surface area contributed by atoms with Crippen molar-refractivity contribution in [2.24, 2.45) is 17.8 Å². The normalized spacial score (nSPS) is 28.9. The summed E-state index contributed by atoms with van der Waals surface area (Å²) in [6, 6.07) is 7.83. The number of hydrogen-bond donors (Lipinski definition) is 4. The van der Waals surface area contributed by atoms with Crippen molar-refractivity contribution in [3.05, 3.63) is 48.5 Å². The molecule has 1 aromatic carbocycles. The summed E-state index contributed by atoms with van der Waals surface area (Å²) in [5, 5.41) is 27.4. The van der Waals surface area contributed by atoms with Crippen molar-refractivity contribution < 1.29 is 15.0 Å². The minimum atomic E-state index is -0.546. The zero-order valence-electron chi connectivity index (χ0n) is 19.5. The largest absolute Gasteiger partial charge is 0.394 e. The zero-order valence-corrected chi connectivity index (χ0v) is 19.5. The van der Waals surface area contributed by atoms with Gasteiger partial charge in [0.1, 0.15) is 0 Å². The molecule has 3 aromatic rings. The van der Waals surface area contributed by atoms with Crippen LogP contribution in [0.1, 0.15) is 42.6 Å². The SMILES string of the molecule is Nc1ncc(-c2cccc(-c3cnn(CCO)c3)c2)nc1C(=O)NC1[C@@H]2CC3C[C@H]1CC(O)(C3)C2. The minimum Gasteiger partial charge on any atom is -0.394 e. The van der Waals surface area contributed by atoms with E-state index in [9.17, 15) is 9.90 Å². The molecule has 0 saturated heterocycles. The van der Waals surface area contributed by atoms with E-state index in [0.717, 1.165) is 48.8 Å². The van der Waals surface area contributed by atoms with Gasteiger partial charge in [-0.1, -0.05) is 18.2 Å². The van der Waals surface area contributed by atoms with E-state index in [1.165, 1.54) is 0 Å². The molecule has 0 radical (unpaired) electrons. The molecule has 7 rings (SSSR count). The number of amides is 1. The molecule has 9 nitrogen and oxygen atoms in total. The first kappa shape index (κ1) is 22.2. The molecule has 5 N–H and O–H groups in total. The highest BCUT2D eigenvalue weighted by Gasteiger charge is 2.55. The van der Waals surface area contributed by atoms with Crippen molar-refractivity contribution in [1.82, 2.24) is 25.1 Å². The predicted molar refractivity (Wildman–Crippen MR) is 130 cm³/mol. The molecule has 3 unspecified atom stereocenters. The molecule has 0 aliphatic heterocycles. The number of nitrogens with two attached hydrogens (primary N) is 1. The molecule has 35 heavy (non-hydrogen) atoms. The van der Waals surface area contributed by atoms with E-state index in [1.54, 1.807) is 17.1 Å². The number of nitrogens with zero attached hydrogens (tertiary/aromatic N) is 4. The molecule has 9 heteroatoms. The zero-order chi connectivity index (χ0) is 24.2. The molecule has 1 amide bonds. The minimum absolute atomic E-state index is 0.0246. The summed E-state index contributed by atoms with van der Waals surface area (Å²) in [5.41, 5.74) is 8.92. The van der Waals surface area contributed by atoms with Crippen molar-refractivity contribution >= 4 is 11.7 Å². The number of aliphatic hydroxyl groups excluding tert-OH is 1. The summed E-state index contributed by atoms with van der Waals surface area (Å²) in [6.45, 7) is 0.459. The van der Waals surface area contributed by atoms with E-state index < -0.39 is 5.60 Å². The van der Waals surface area contributed by atoms with E-state index in [1.807, 2.05) is 30.5 Å². The summed E-state index contributed by atoms with van der Waals surface area (Å²) in [5.74, 6) is 0.978. The number of aliphatic hydroxyl groups is 2. The molecule has 0 spiro atoms. The highest BCUT2D eigenvalue weighted by atomic mass is 16.3. The molecule has 2 aromatic heterocycles. The average molecular weight is 475 g/mol. The molecule has 4 aliphatic rings. The number of nitrogens with one attached hydrogen (secondary N) is 1. The van der Waals surface area contributed by atoms with Crippen LogP contribution in [0, 0.1) is 17.8 Å². The standard InChI is InChI=1S/C26H30N6O3/c27-24-23(25(34)31-22-18-6-15-7-19(22)11-26(35,9-15)10-18)30-21(13-28-24)17-3-1-2-16(8-17)20-12-29-32(14-20)4-5-33/h1-3,8,12-15,18-19,22,33,35H,4-7,9-11H2,(H2,27,28)(H,31,34)/t15?,18-,19+,22?,26?.